The first-order chi connectivity index (χ1) is 9.04. The second-order valence-electron chi connectivity index (χ2n) is 5.33. The molecule has 3 heteroatoms. The molecular formula is C16H23N3. The monoisotopic (exact) mass is 257 g/mol. The maximum absolute atomic E-state index is 5.73. The summed E-state index contributed by atoms with van der Waals surface area (Å²) in [5.41, 5.74) is 10.0. The van der Waals surface area contributed by atoms with Crippen LogP contribution in [0.15, 0.2) is 31.0 Å². The number of hydrogen-bond donors (Lipinski definition) is 1. The summed E-state index contributed by atoms with van der Waals surface area (Å²) in [5.74, 6) is 1.04. The topological polar surface area (TPSA) is 42.2 Å². The van der Waals surface area contributed by atoms with Gasteiger partial charge in [0.2, 0.25) is 0 Å². The Morgan fingerprint density at radius 3 is 2.74 bits per heavy atom. The molecule has 1 aromatic rings. The van der Waals surface area contributed by atoms with Crippen molar-refractivity contribution in [2.24, 2.45) is 5.73 Å². The first-order valence-electron chi connectivity index (χ1n) is 6.85. The van der Waals surface area contributed by atoms with Crippen molar-refractivity contribution in [2.75, 3.05) is 11.4 Å². The molecule has 0 amide bonds. The van der Waals surface area contributed by atoms with Crippen molar-refractivity contribution >= 4 is 11.4 Å². The van der Waals surface area contributed by atoms with E-state index in [1.807, 2.05) is 13.8 Å². The molecular weight excluding hydrogens is 234 g/mol. The van der Waals surface area contributed by atoms with Crippen LogP contribution < -0.4 is 10.6 Å². The minimum atomic E-state index is 0.419. The first kappa shape index (κ1) is 13.8. The van der Waals surface area contributed by atoms with Crippen LogP contribution in [0.25, 0.3) is 5.57 Å². The molecule has 2 N–H and O–H groups in total. The lowest BCUT2D eigenvalue weighted by atomic mass is 9.95. The average Bonchev–Trinajstić information content (AvgIpc) is 2.37. The van der Waals surface area contributed by atoms with Gasteiger partial charge in [0.05, 0.1) is 5.69 Å². The molecule has 2 heterocycles. The number of pyridine rings is 1. The van der Waals surface area contributed by atoms with E-state index in [0.717, 1.165) is 42.0 Å². The fourth-order valence-corrected chi connectivity index (χ4v) is 2.70. The van der Waals surface area contributed by atoms with E-state index < -0.39 is 0 Å². The van der Waals surface area contributed by atoms with E-state index in [9.17, 15) is 0 Å². The van der Waals surface area contributed by atoms with Crippen molar-refractivity contribution in [1.29, 1.82) is 0 Å². The van der Waals surface area contributed by atoms with E-state index in [0.29, 0.717) is 12.6 Å². The lowest BCUT2D eigenvalue weighted by Crippen LogP contribution is -2.39. The Kier molecular flexibility index (Phi) is 4.05. The summed E-state index contributed by atoms with van der Waals surface area (Å²) >= 11 is 0. The highest BCUT2D eigenvalue weighted by atomic mass is 15.2. The summed E-state index contributed by atoms with van der Waals surface area (Å²) in [6, 6.07) is 4.64. The molecule has 0 saturated heterocycles. The highest BCUT2D eigenvalue weighted by molar-refractivity contribution is 5.63. The summed E-state index contributed by atoms with van der Waals surface area (Å²) in [7, 11) is 0. The standard InChI is InChI=1S/C16H23N3/c1-11(2)15-8-6-13-5-7-14(9-10-17)19(12(3)4)16(13)18-15/h6,8,14H,1,3,5,7,9-10,17H2,2,4H3. The number of aryl methyl sites for hydroxylation is 1. The molecule has 1 aliphatic rings. The Morgan fingerprint density at radius 2 is 2.16 bits per heavy atom. The second kappa shape index (κ2) is 5.57. The molecule has 0 bridgehead atoms. The fraction of sp³-hybridized carbons (Fsp3) is 0.438. The molecule has 1 unspecified atom stereocenters. The SMILES string of the molecule is C=C(C)c1ccc2c(n1)N(C(=C)C)C(CCN)CC2. The van der Waals surface area contributed by atoms with Crippen LogP contribution in [-0.2, 0) is 6.42 Å². The van der Waals surface area contributed by atoms with Crippen LogP contribution >= 0.6 is 0 Å². The lowest BCUT2D eigenvalue weighted by Gasteiger charge is -2.38. The first-order valence-corrected chi connectivity index (χ1v) is 6.85. The molecule has 1 aliphatic heterocycles. The Labute approximate surface area is 115 Å². The van der Waals surface area contributed by atoms with Crippen LogP contribution in [0.2, 0.25) is 0 Å². The number of nitrogens with zero attached hydrogens (tertiary/aromatic N) is 2. The van der Waals surface area contributed by atoms with Crippen LogP contribution in [0.4, 0.5) is 5.82 Å². The smallest absolute Gasteiger partial charge is 0.136 e. The van der Waals surface area contributed by atoms with Gasteiger partial charge >= 0.3 is 0 Å². The van der Waals surface area contributed by atoms with Gasteiger partial charge in [0.25, 0.3) is 0 Å². The predicted octanol–water partition coefficient (Wildman–Crippen LogP) is 3.12. The molecule has 19 heavy (non-hydrogen) atoms. The Balaban J connectivity index is 2.45. The number of aromatic nitrogens is 1. The van der Waals surface area contributed by atoms with Gasteiger partial charge in [-0.05, 0) is 56.9 Å². The Hall–Kier alpha value is -1.61. The van der Waals surface area contributed by atoms with E-state index in [4.69, 9.17) is 10.7 Å². The van der Waals surface area contributed by atoms with Gasteiger partial charge < -0.3 is 10.6 Å². The van der Waals surface area contributed by atoms with Gasteiger partial charge in [-0.3, -0.25) is 0 Å². The summed E-state index contributed by atoms with van der Waals surface area (Å²) in [6.07, 6.45) is 3.16. The highest BCUT2D eigenvalue weighted by Crippen LogP contribution is 2.33. The van der Waals surface area contributed by atoms with Crippen LogP contribution in [-0.4, -0.2) is 17.6 Å². The van der Waals surface area contributed by atoms with Gasteiger partial charge in [-0.2, -0.15) is 0 Å². The molecule has 1 atom stereocenters. The van der Waals surface area contributed by atoms with Crippen molar-refractivity contribution in [1.82, 2.24) is 4.98 Å². The van der Waals surface area contributed by atoms with Crippen LogP contribution in [0, 0.1) is 0 Å². The summed E-state index contributed by atoms with van der Waals surface area (Å²) in [5, 5.41) is 0. The normalized spacial score (nSPS) is 18.1. The van der Waals surface area contributed by atoms with E-state index in [1.54, 1.807) is 0 Å². The number of rotatable bonds is 4. The molecule has 0 fully saturated rings. The highest BCUT2D eigenvalue weighted by Gasteiger charge is 2.27. The van der Waals surface area contributed by atoms with E-state index in [2.05, 4.69) is 30.2 Å². The molecule has 0 saturated carbocycles. The molecule has 0 aliphatic carbocycles. The number of hydrogen-bond acceptors (Lipinski definition) is 3. The molecule has 0 spiro atoms. The summed E-state index contributed by atoms with van der Waals surface area (Å²) in [4.78, 5) is 7.02. The van der Waals surface area contributed by atoms with Gasteiger partial charge in [0.1, 0.15) is 5.82 Å². The maximum atomic E-state index is 5.73. The molecule has 3 nitrogen and oxygen atoms in total. The van der Waals surface area contributed by atoms with Crippen molar-refractivity contribution < 1.29 is 0 Å². The number of anilines is 1. The third-order valence-corrected chi connectivity index (χ3v) is 3.64. The van der Waals surface area contributed by atoms with Crippen LogP contribution in [0.5, 0.6) is 0 Å². The number of allylic oxidation sites excluding steroid dienone is 2. The molecule has 0 radical (unpaired) electrons. The van der Waals surface area contributed by atoms with Gasteiger partial charge in [-0.15, -0.1) is 0 Å². The van der Waals surface area contributed by atoms with Gasteiger partial charge in [-0.25, -0.2) is 4.98 Å². The minimum Gasteiger partial charge on any atom is -0.330 e. The molecule has 2 rings (SSSR count). The van der Waals surface area contributed by atoms with E-state index >= 15 is 0 Å². The van der Waals surface area contributed by atoms with Crippen molar-refractivity contribution in [3.8, 4) is 0 Å². The lowest BCUT2D eigenvalue weighted by molar-refractivity contribution is 0.524. The molecule has 1 aromatic heterocycles. The minimum absolute atomic E-state index is 0.419. The van der Waals surface area contributed by atoms with Gasteiger partial charge in [0, 0.05) is 11.7 Å². The predicted molar refractivity (Wildman–Crippen MR) is 82.0 cm³/mol. The zero-order valence-corrected chi connectivity index (χ0v) is 11.9. The van der Waals surface area contributed by atoms with E-state index in [1.165, 1.54) is 5.56 Å². The summed E-state index contributed by atoms with van der Waals surface area (Å²) in [6.45, 7) is 12.8. The van der Waals surface area contributed by atoms with Crippen molar-refractivity contribution in [3.05, 3.63) is 42.2 Å². The van der Waals surface area contributed by atoms with Gasteiger partial charge in [-0.1, -0.05) is 19.2 Å². The number of nitrogens with two attached hydrogens (primary N) is 1. The quantitative estimate of drug-likeness (QED) is 0.901. The average molecular weight is 257 g/mol. The van der Waals surface area contributed by atoms with Crippen molar-refractivity contribution in [3.63, 3.8) is 0 Å². The molecule has 102 valence electrons. The zero-order chi connectivity index (χ0) is 14.0. The van der Waals surface area contributed by atoms with E-state index in [-0.39, 0.29) is 0 Å². The Morgan fingerprint density at radius 1 is 1.42 bits per heavy atom. The maximum Gasteiger partial charge on any atom is 0.136 e. The summed E-state index contributed by atoms with van der Waals surface area (Å²) < 4.78 is 0. The van der Waals surface area contributed by atoms with Gasteiger partial charge in [0.15, 0.2) is 0 Å². The largest absolute Gasteiger partial charge is 0.330 e. The second-order valence-corrected chi connectivity index (χ2v) is 5.33. The van der Waals surface area contributed by atoms with Crippen LogP contribution in [0.1, 0.15) is 37.9 Å². The fourth-order valence-electron chi connectivity index (χ4n) is 2.70. The Bertz CT molecular complexity index is 505. The number of fused-ring (bicyclic) bond motifs is 1. The molecule has 0 aromatic carbocycles. The third kappa shape index (κ3) is 2.71. The third-order valence-electron chi connectivity index (χ3n) is 3.64. The van der Waals surface area contributed by atoms with Crippen LogP contribution in [0.3, 0.4) is 0 Å². The van der Waals surface area contributed by atoms with Crippen molar-refractivity contribution in [2.45, 2.75) is 39.2 Å². The zero-order valence-electron chi connectivity index (χ0n) is 11.9.